The number of aromatic nitrogens is 2. The third kappa shape index (κ3) is 3.25. The lowest BCUT2D eigenvalue weighted by molar-refractivity contribution is 0.0950. The summed E-state index contributed by atoms with van der Waals surface area (Å²) in [7, 11) is 0. The zero-order valence-corrected chi connectivity index (χ0v) is 15.6. The van der Waals surface area contributed by atoms with Crippen molar-refractivity contribution in [2.75, 3.05) is 6.54 Å². The first-order chi connectivity index (χ1) is 12.3. The van der Waals surface area contributed by atoms with E-state index in [-0.39, 0.29) is 11.3 Å². The lowest BCUT2D eigenvalue weighted by Crippen LogP contribution is -2.30. The molecule has 134 valence electrons. The summed E-state index contributed by atoms with van der Waals surface area (Å²) in [5.74, 6) is -0.149. The van der Waals surface area contributed by atoms with Gasteiger partial charge in [-0.15, -0.1) is 0 Å². The smallest absolute Gasteiger partial charge is 0.272 e. The number of hydrogen-bond acceptors (Lipinski definition) is 4. The zero-order chi connectivity index (χ0) is 18.9. The minimum atomic E-state index is -0.229. The van der Waals surface area contributed by atoms with Crippen molar-refractivity contribution in [1.82, 2.24) is 15.1 Å². The van der Waals surface area contributed by atoms with Crippen molar-refractivity contribution in [3.8, 4) is 6.07 Å². The summed E-state index contributed by atoms with van der Waals surface area (Å²) in [6, 6.07) is 9.36. The molecule has 6 nitrogen and oxygen atoms in total. The SMILES string of the molecule is CCCn1nc(C(C)(C)C)c2c1C(=O)NCC(c1ccc(C#N)cc1)=N2. The summed E-state index contributed by atoms with van der Waals surface area (Å²) < 4.78 is 1.77. The van der Waals surface area contributed by atoms with Gasteiger partial charge in [-0.1, -0.05) is 39.8 Å². The van der Waals surface area contributed by atoms with Crippen LogP contribution in [-0.2, 0) is 12.0 Å². The fourth-order valence-corrected chi connectivity index (χ4v) is 2.99. The maximum absolute atomic E-state index is 12.7. The van der Waals surface area contributed by atoms with Crippen LogP contribution in [0.3, 0.4) is 0 Å². The van der Waals surface area contributed by atoms with Crippen molar-refractivity contribution < 1.29 is 4.79 Å². The molecule has 1 amide bonds. The molecule has 1 aromatic heterocycles. The van der Waals surface area contributed by atoms with Crippen LogP contribution in [0.15, 0.2) is 29.3 Å². The van der Waals surface area contributed by atoms with Crippen molar-refractivity contribution in [3.63, 3.8) is 0 Å². The van der Waals surface area contributed by atoms with Crippen LogP contribution >= 0.6 is 0 Å². The largest absolute Gasteiger partial charge is 0.345 e. The first-order valence-electron chi connectivity index (χ1n) is 8.82. The highest BCUT2D eigenvalue weighted by Crippen LogP contribution is 2.35. The summed E-state index contributed by atoms with van der Waals surface area (Å²) >= 11 is 0. The maximum atomic E-state index is 12.7. The zero-order valence-electron chi connectivity index (χ0n) is 15.6. The van der Waals surface area contributed by atoms with E-state index in [0.29, 0.717) is 30.0 Å². The molecule has 0 bridgehead atoms. The molecule has 0 atom stereocenters. The minimum Gasteiger partial charge on any atom is -0.345 e. The number of fused-ring (bicyclic) bond motifs is 1. The molecule has 0 fully saturated rings. The Balaban J connectivity index is 2.18. The van der Waals surface area contributed by atoms with Gasteiger partial charge < -0.3 is 5.32 Å². The molecule has 0 radical (unpaired) electrons. The van der Waals surface area contributed by atoms with Crippen LogP contribution in [0.5, 0.6) is 0 Å². The number of aliphatic imine (C=N–C) groups is 1. The molecule has 1 N–H and O–H groups in total. The molecule has 26 heavy (non-hydrogen) atoms. The van der Waals surface area contributed by atoms with Gasteiger partial charge in [0.15, 0.2) is 5.69 Å². The summed E-state index contributed by atoms with van der Waals surface area (Å²) in [4.78, 5) is 17.6. The van der Waals surface area contributed by atoms with Gasteiger partial charge in [0.2, 0.25) is 0 Å². The van der Waals surface area contributed by atoms with E-state index in [2.05, 4.69) is 39.1 Å². The maximum Gasteiger partial charge on any atom is 0.272 e. The van der Waals surface area contributed by atoms with Gasteiger partial charge in [0.25, 0.3) is 5.91 Å². The first-order valence-corrected chi connectivity index (χ1v) is 8.82. The highest BCUT2D eigenvalue weighted by Gasteiger charge is 2.31. The quantitative estimate of drug-likeness (QED) is 0.922. The number of aryl methyl sites for hydroxylation is 1. The van der Waals surface area contributed by atoms with Gasteiger partial charge in [-0.3, -0.25) is 9.48 Å². The van der Waals surface area contributed by atoms with E-state index < -0.39 is 0 Å². The number of hydrogen-bond donors (Lipinski definition) is 1. The number of carbonyl (C=O) groups excluding carboxylic acids is 1. The molecule has 2 heterocycles. The molecule has 0 aliphatic carbocycles. The normalized spacial score (nSPS) is 14.1. The number of benzene rings is 1. The molecule has 2 aromatic rings. The van der Waals surface area contributed by atoms with Crippen molar-refractivity contribution in [2.45, 2.75) is 46.1 Å². The molecule has 1 aromatic carbocycles. The molecule has 0 spiro atoms. The van der Waals surface area contributed by atoms with Gasteiger partial charge in [-0.2, -0.15) is 10.4 Å². The molecule has 0 unspecified atom stereocenters. The average Bonchev–Trinajstić information content (AvgIpc) is 2.88. The number of nitriles is 1. The summed E-state index contributed by atoms with van der Waals surface area (Å²) in [5.41, 5.74) is 4.03. The topological polar surface area (TPSA) is 83.1 Å². The van der Waals surface area contributed by atoms with Crippen LogP contribution in [0.1, 0.15) is 61.4 Å². The first kappa shape index (κ1) is 17.9. The van der Waals surface area contributed by atoms with Gasteiger partial charge in [0.1, 0.15) is 5.69 Å². The molecule has 1 aliphatic heterocycles. The highest BCUT2D eigenvalue weighted by atomic mass is 16.2. The number of nitrogens with one attached hydrogen (secondary N) is 1. The van der Waals surface area contributed by atoms with Crippen LogP contribution in [-0.4, -0.2) is 27.9 Å². The van der Waals surface area contributed by atoms with Gasteiger partial charge in [0.05, 0.1) is 29.6 Å². The van der Waals surface area contributed by atoms with E-state index >= 15 is 0 Å². The van der Waals surface area contributed by atoms with Crippen LogP contribution in [0, 0.1) is 11.3 Å². The molecule has 3 rings (SSSR count). The molecular formula is C20H23N5O. The van der Waals surface area contributed by atoms with Gasteiger partial charge in [-0.25, -0.2) is 4.99 Å². The fraction of sp³-hybridized carbons (Fsp3) is 0.400. The molecular weight excluding hydrogens is 326 g/mol. The third-order valence-corrected chi connectivity index (χ3v) is 4.30. The second kappa shape index (κ2) is 6.75. The minimum absolute atomic E-state index is 0.149. The standard InChI is InChI=1S/C20H23N5O/c1-5-10-25-17-16(18(24-25)20(2,3)4)23-15(12-22-19(17)26)14-8-6-13(11-21)7-9-14/h6-9H,5,10,12H2,1-4H3,(H,22,26). The van der Waals surface area contributed by atoms with Crippen molar-refractivity contribution >= 4 is 17.3 Å². The van der Waals surface area contributed by atoms with Crippen LogP contribution in [0.4, 0.5) is 5.69 Å². The second-order valence-electron chi connectivity index (χ2n) is 7.45. The Morgan fingerprint density at radius 1 is 1.27 bits per heavy atom. The Bertz CT molecular complexity index is 907. The van der Waals surface area contributed by atoms with Crippen molar-refractivity contribution in [2.24, 2.45) is 4.99 Å². The van der Waals surface area contributed by atoms with E-state index in [0.717, 1.165) is 23.4 Å². The monoisotopic (exact) mass is 349 g/mol. The lowest BCUT2D eigenvalue weighted by Gasteiger charge is -2.16. The van der Waals surface area contributed by atoms with E-state index in [4.69, 9.17) is 15.4 Å². The van der Waals surface area contributed by atoms with Gasteiger partial charge in [0, 0.05) is 12.0 Å². The van der Waals surface area contributed by atoms with E-state index in [1.54, 1.807) is 16.8 Å². The predicted octanol–water partition coefficient (Wildman–Crippen LogP) is 3.33. The van der Waals surface area contributed by atoms with E-state index in [9.17, 15) is 4.79 Å². The Kier molecular flexibility index (Phi) is 4.64. The summed E-state index contributed by atoms with van der Waals surface area (Å²) in [5, 5.41) is 16.6. The summed E-state index contributed by atoms with van der Waals surface area (Å²) in [6.07, 6.45) is 0.886. The number of nitrogens with zero attached hydrogens (tertiary/aromatic N) is 4. The Hall–Kier alpha value is -2.94. The van der Waals surface area contributed by atoms with Crippen LogP contribution in [0.2, 0.25) is 0 Å². The predicted molar refractivity (Wildman–Crippen MR) is 101 cm³/mol. The molecule has 1 aliphatic rings. The Labute approximate surface area is 153 Å². The Morgan fingerprint density at radius 3 is 2.54 bits per heavy atom. The molecule has 0 saturated carbocycles. The molecule has 0 saturated heterocycles. The highest BCUT2D eigenvalue weighted by molar-refractivity contribution is 6.10. The Morgan fingerprint density at radius 2 is 1.96 bits per heavy atom. The number of rotatable bonds is 3. The lowest BCUT2D eigenvalue weighted by atomic mass is 9.91. The average molecular weight is 349 g/mol. The van der Waals surface area contributed by atoms with Crippen LogP contribution in [0.25, 0.3) is 0 Å². The summed E-state index contributed by atoms with van der Waals surface area (Å²) in [6.45, 7) is 9.30. The van der Waals surface area contributed by atoms with Gasteiger partial charge in [-0.05, 0) is 24.1 Å². The van der Waals surface area contributed by atoms with Gasteiger partial charge >= 0.3 is 0 Å². The van der Waals surface area contributed by atoms with E-state index in [1.807, 2.05) is 12.1 Å². The van der Waals surface area contributed by atoms with Crippen molar-refractivity contribution in [3.05, 3.63) is 46.8 Å². The third-order valence-electron chi connectivity index (χ3n) is 4.30. The van der Waals surface area contributed by atoms with Crippen molar-refractivity contribution in [1.29, 1.82) is 5.26 Å². The molecule has 6 heteroatoms. The van der Waals surface area contributed by atoms with E-state index in [1.165, 1.54) is 0 Å². The number of carbonyl (C=O) groups is 1. The second-order valence-corrected chi connectivity index (χ2v) is 7.45. The number of amides is 1. The fourth-order valence-electron chi connectivity index (χ4n) is 2.99. The van der Waals surface area contributed by atoms with Crippen LogP contribution < -0.4 is 5.32 Å².